The number of anilines is 2. The summed E-state index contributed by atoms with van der Waals surface area (Å²) in [7, 11) is 0. The predicted octanol–water partition coefficient (Wildman–Crippen LogP) is 6.82. The predicted molar refractivity (Wildman–Crippen MR) is 167 cm³/mol. The van der Waals surface area contributed by atoms with Crippen molar-refractivity contribution in [3.8, 4) is 11.5 Å². The van der Waals surface area contributed by atoms with Crippen LogP contribution in [0, 0.1) is 5.82 Å². The molecular formula is C30H27FN6O3S3. The van der Waals surface area contributed by atoms with Crippen molar-refractivity contribution in [1.29, 1.82) is 0 Å². The van der Waals surface area contributed by atoms with Crippen LogP contribution in [-0.4, -0.2) is 51.3 Å². The fourth-order valence-corrected chi connectivity index (χ4v) is 7.38. The Balaban J connectivity index is 1.17. The van der Waals surface area contributed by atoms with Gasteiger partial charge >= 0.3 is 0 Å². The number of halogens is 1. The number of nitrogens with zero attached hydrogens (tertiary/aromatic N) is 4. The fourth-order valence-electron chi connectivity index (χ4n) is 4.71. The van der Waals surface area contributed by atoms with E-state index in [0.29, 0.717) is 35.5 Å². The Morgan fingerprint density at radius 2 is 1.93 bits per heavy atom. The first-order valence-corrected chi connectivity index (χ1v) is 16.2. The molecule has 4 aromatic heterocycles. The van der Waals surface area contributed by atoms with E-state index in [0.717, 1.165) is 38.5 Å². The fraction of sp³-hybridized carbons (Fsp3) is 0.233. The Labute approximate surface area is 259 Å². The van der Waals surface area contributed by atoms with Crippen LogP contribution in [0.2, 0.25) is 0 Å². The molecule has 43 heavy (non-hydrogen) atoms. The molecule has 5 heterocycles. The van der Waals surface area contributed by atoms with E-state index in [1.807, 2.05) is 29.0 Å². The highest BCUT2D eigenvalue weighted by Crippen LogP contribution is 2.40. The molecule has 220 valence electrons. The molecule has 1 aliphatic rings. The molecule has 1 aliphatic heterocycles. The molecule has 9 nitrogen and oxygen atoms in total. The third-order valence-corrected chi connectivity index (χ3v) is 9.77. The number of nitrogens with one attached hydrogen (secondary N) is 2. The van der Waals surface area contributed by atoms with Crippen molar-refractivity contribution in [2.45, 2.75) is 35.5 Å². The summed E-state index contributed by atoms with van der Waals surface area (Å²) in [6.45, 7) is 2.67. The Hall–Kier alpha value is -4.07. The minimum absolute atomic E-state index is 0.0261. The van der Waals surface area contributed by atoms with Crippen LogP contribution in [0.1, 0.15) is 31.4 Å². The minimum Gasteiger partial charge on any atom is -0.453 e. The number of hydrogen-bond donors (Lipinski definition) is 2. The van der Waals surface area contributed by atoms with Crippen molar-refractivity contribution >= 4 is 67.4 Å². The van der Waals surface area contributed by atoms with Gasteiger partial charge in [0.1, 0.15) is 11.6 Å². The van der Waals surface area contributed by atoms with Crippen LogP contribution >= 0.6 is 34.4 Å². The van der Waals surface area contributed by atoms with Crippen molar-refractivity contribution in [1.82, 2.24) is 25.2 Å². The molecule has 6 rings (SSSR count). The molecule has 0 atom stereocenters. The molecule has 0 aliphatic carbocycles. The first kappa shape index (κ1) is 29.0. The highest BCUT2D eigenvalue weighted by Gasteiger charge is 2.25. The average Bonchev–Trinajstić information content (AvgIpc) is 3.69. The van der Waals surface area contributed by atoms with E-state index in [1.165, 1.54) is 30.4 Å². The molecule has 0 radical (unpaired) electrons. The standard InChI is InChI=1S/C30H27FN6O3S3/c1-18(38)33-16-27(39)37-11-7-19(8-12-37)24-17-42-30(35-24)36-29-25(40-21-4-2-20(31)3-5-21)14-22(15-34-29)43-26-6-10-32-23-9-13-41-28(23)26/h2-6,9-10,13-15,17,19H,7-8,11-12,16H2,1H3,(H,33,38)(H,34,35,36). The van der Waals surface area contributed by atoms with Crippen LogP contribution in [0.5, 0.6) is 11.5 Å². The lowest BCUT2D eigenvalue weighted by Gasteiger charge is -2.31. The second kappa shape index (κ2) is 13.1. The number of likely N-dealkylation sites (tertiary alicyclic amines) is 1. The highest BCUT2D eigenvalue weighted by atomic mass is 32.2. The van der Waals surface area contributed by atoms with E-state index in [2.05, 4.69) is 20.6 Å². The van der Waals surface area contributed by atoms with Crippen LogP contribution in [0.4, 0.5) is 15.3 Å². The number of thiophene rings is 1. The van der Waals surface area contributed by atoms with Gasteiger partial charge in [0.05, 0.1) is 22.5 Å². The van der Waals surface area contributed by atoms with Gasteiger partial charge in [-0.2, -0.15) is 0 Å². The number of piperidine rings is 1. The van der Waals surface area contributed by atoms with Gasteiger partial charge < -0.3 is 20.3 Å². The number of hydrogen-bond acceptors (Lipinski definition) is 10. The molecular weight excluding hydrogens is 608 g/mol. The maximum Gasteiger partial charge on any atom is 0.241 e. The normalized spacial score (nSPS) is 13.7. The first-order chi connectivity index (χ1) is 20.9. The van der Waals surface area contributed by atoms with Gasteiger partial charge in [-0.3, -0.25) is 14.6 Å². The summed E-state index contributed by atoms with van der Waals surface area (Å²) in [5, 5.41) is 10.6. The van der Waals surface area contributed by atoms with Crippen molar-refractivity contribution < 1.29 is 18.7 Å². The summed E-state index contributed by atoms with van der Waals surface area (Å²) in [4.78, 5) is 41.1. The number of fused-ring (bicyclic) bond motifs is 1. The largest absolute Gasteiger partial charge is 0.453 e. The number of carbonyl (C=O) groups excluding carboxylic acids is 2. The van der Waals surface area contributed by atoms with E-state index in [1.54, 1.807) is 52.5 Å². The van der Waals surface area contributed by atoms with E-state index >= 15 is 0 Å². The van der Waals surface area contributed by atoms with Gasteiger partial charge in [0.2, 0.25) is 11.8 Å². The molecule has 0 saturated carbocycles. The average molecular weight is 635 g/mol. The first-order valence-electron chi connectivity index (χ1n) is 13.6. The molecule has 5 aromatic rings. The van der Waals surface area contributed by atoms with E-state index < -0.39 is 0 Å². The van der Waals surface area contributed by atoms with Crippen LogP contribution < -0.4 is 15.4 Å². The van der Waals surface area contributed by atoms with Crippen molar-refractivity contribution in [3.05, 3.63) is 77.1 Å². The lowest BCUT2D eigenvalue weighted by molar-refractivity contribution is -0.133. The molecule has 2 N–H and O–H groups in total. The number of thiazole rings is 1. The summed E-state index contributed by atoms with van der Waals surface area (Å²) in [5.41, 5.74) is 1.91. The number of pyridine rings is 2. The zero-order valence-electron chi connectivity index (χ0n) is 23.1. The van der Waals surface area contributed by atoms with Gasteiger partial charge in [-0.1, -0.05) is 11.8 Å². The number of benzene rings is 1. The number of rotatable bonds is 9. The van der Waals surface area contributed by atoms with Gasteiger partial charge in [-0.25, -0.2) is 14.4 Å². The minimum atomic E-state index is -0.343. The second-order valence-corrected chi connectivity index (χ2v) is 12.8. The molecule has 2 amide bonds. The highest BCUT2D eigenvalue weighted by molar-refractivity contribution is 7.99. The maximum atomic E-state index is 13.6. The molecule has 0 bridgehead atoms. The molecule has 0 unspecified atom stereocenters. The number of ether oxygens (including phenoxy) is 1. The molecule has 1 saturated heterocycles. The third-order valence-electron chi connectivity index (χ3n) is 6.91. The van der Waals surface area contributed by atoms with Gasteiger partial charge in [0.15, 0.2) is 16.7 Å². The second-order valence-electron chi connectivity index (χ2n) is 9.89. The summed E-state index contributed by atoms with van der Waals surface area (Å²) in [5.74, 6) is 1.06. The van der Waals surface area contributed by atoms with Crippen LogP contribution in [0.15, 0.2) is 75.4 Å². The van der Waals surface area contributed by atoms with Crippen LogP contribution in [-0.2, 0) is 9.59 Å². The Kier molecular flexibility index (Phi) is 8.82. The van der Waals surface area contributed by atoms with Gasteiger partial charge in [-0.15, -0.1) is 22.7 Å². The lowest BCUT2D eigenvalue weighted by Crippen LogP contribution is -2.43. The Morgan fingerprint density at radius 3 is 2.72 bits per heavy atom. The monoisotopic (exact) mass is 634 g/mol. The third kappa shape index (κ3) is 7.12. The smallest absolute Gasteiger partial charge is 0.241 e. The van der Waals surface area contributed by atoms with Gasteiger partial charge in [0, 0.05) is 59.6 Å². The number of aromatic nitrogens is 3. The number of amides is 2. The van der Waals surface area contributed by atoms with Gasteiger partial charge in [0.25, 0.3) is 0 Å². The van der Waals surface area contributed by atoms with Crippen molar-refractivity contribution in [3.63, 3.8) is 0 Å². The van der Waals surface area contributed by atoms with Crippen molar-refractivity contribution in [2.75, 3.05) is 25.0 Å². The van der Waals surface area contributed by atoms with E-state index in [4.69, 9.17) is 9.72 Å². The maximum absolute atomic E-state index is 13.6. The zero-order valence-corrected chi connectivity index (χ0v) is 25.5. The molecule has 13 heteroatoms. The summed E-state index contributed by atoms with van der Waals surface area (Å²) in [6, 6.07) is 11.7. The summed E-state index contributed by atoms with van der Waals surface area (Å²) >= 11 is 4.69. The summed E-state index contributed by atoms with van der Waals surface area (Å²) in [6.07, 6.45) is 5.17. The van der Waals surface area contributed by atoms with E-state index in [9.17, 15) is 14.0 Å². The molecule has 1 fully saturated rings. The SMILES string of the molecule is CC(=O)NCC(=O)N1CCC(c2csc(Nc3ncc(Sc4ccnc5ccsc45)cc3Oc3ccc(F)cc3)n2)CC1. The molecule has 1 aromatic carbocycles. The van der Waals surface area contributed by atoms with Crippen LogP contribution in [0.3, 0.4) is 0 Å². The molecule has 0 spiro atoms. The van der Waals surface area contributed by atoms with Crippen molar-refractivity contribution in [2.24, 2.45) is 0 Å². The Morgan fingerprint density at radius 1 is 1.12 bits per heavy atom. The van der Waals surface area contributed by atoms with Crippen LogP contribution in [0.25, 0.3) is 10.2 Å². The summed E-state index contributed by atoms with van der Waals surface area (Å²) < 4.78 is 20.8. The quantitative estimate of drug-likeness (QED) is 0.182. The Bertz CT molecular complexity index is 1750. The lowest BCUT2D eigenvalue weighted by atomic mass is 9.94. The van der Waals surface area contributed by atoms with Gasteiger partial charge in [-0.05, 0) is 54.6 Å². The topological polar surface area (TPSA) is 109 Å². The zero-order chi connectivity index (χ0) is 29.8. The number of carbonyl (C=O) groups is 2. The van der Waals surface area contributed by atoms with E-state index in [-0.39, 0.29) is 30.1 Å².